The summed E-state index contributed by atoms with van der Waals surface area (Å²) in [6.07, 6.45) is 0. The number of hydrogen-bond donors (Lipinski definition) is 1. The van der Waals surface area contributed by atoms with E-state index in [2.05, 4.69) is 0 Å². The molecule has 8 heteroatoms. The van der Waals surface area contributed by atoms with Crippen LogP contribution < -0.4 is 5.73 Å². The first-order chi connectivity index (χ1) is 10.4. The lowest BCUT2D eigenvalue weighted by Gasteiger charge is -2.28. The number of anilines is 1. The van der Waals surface area contributed by atoms with Gasteiger partial charge in [-0.1, -0.05) is 11.6 Å². The van der Waals surface area contributed by atoms with Gasteiger partial charge in [0, 0.05) is 25.2 Å². The summed E-state index contributed by atoms with van der Waals surface area (Å²) in [5.41, 5.74) is 5.24. The van der Waals surface area contributed by atoms with Crippen molar-refractivity contribution >= 4 is 29.1 Å². The van der Waals surface area contributed by atoms with Gasteiger partial charge in [-0.15, -0.1) is 0 Å². The number of likely N-dealkylation sites (N-methyl/N-ethyl adjacent to an activating group) is 1. The second kappa shape index (κ2) is 6.93. The van der Waals surface area contributed by atoms with E-state index in [1.54, 1.807) is 4.90 Å². The van der Waals surface area contributed by atoms with Crippen LogP contribution in [0.5, 0.6) is 0 Å². The van der Waals surface area contributed by atoms with Crippen molar-refractivity contribution in [2.75, 3.05) is 45.6 Å². The van der Waals surface area contributed by atoms with Crippen molar-refractivity contribution < 1.29 is 18.7 Å². The van der Waals surface area contributed by atoms with Crippen LogP contribution >= 0.6 is 11.6 Å². The average molecular weight is 330 g/mol. The maximum absolute atomic E-state index is 13.5. The van der Waals surface area contributed by atoms with Gasteiger partial charge >= 0.3 is 0 Å². The molecular weight excluding hydrogens is 313 g/mol. The molecule has 6 nitrogen and oxygen atoms in total. The lowest BCUT2D eigenvalue weighted by Crippen LogP contribution is -2.46. The third-order valence-corrected chi connectivity index (χ3v) is 3.63. The Hall–Kier alpha value is -1.86. The minimum atomic E-state index is -0.760. The minimum Gasteiger partial charge on any atom is -0.396 e. The zero-order valence-electron chi connectivity index (χ0n) is 12.1. The van der Waals surface area contributed by atoms with Gasteiger partial charge in [0.25, 0.3) is 5.91 Å². The lowest BCUT2D eigenvalue weighted by molar-refractivity contribution is -0.135. The molecule has 1 heterocycles. The quantitative estimate of drug-likeness (QED) is 0.839. The fourth-order valence-electron chi connectivity index (χ4n) is 2.15. The molecule has 1 fully saturated rings. The molecule has 0 spiro atoms. The molecule has 0 atom stereocenters. The molecule has 22 heavy (non-hydrogen) atoms. The van der Waals surface area contributed by atoms with Gasteiger partial charge in [0.15, 0.2) is 0 Å². The molecule has 1 saturated heterocycles. The van der Waals surface area contributed by atoms with Gasteiger partial charge in [0.2, 0.25) is 5.91 Å². The number of carbonyl (C=O) groups excluding carboxylic acids is 2. The SMILES string of the molecule is CN(CC(=O)N1CCOCC1)C(=O)c1cc(Cl)cc(F)c1N. The van der Waals surface area contributed by atoms with Crippen molar-refractivity contribution in [2.24, 2.45) is 0 Å². The Morgan fingerprint density at radius 3 is 2.68 bits per heavy atom. The molecule has 0 unspecified atom stereocenters. The van der Waals surface area contributed by atoms with Crippen LogP contribution in [-0.2, 0) is 9.53 Å². The van der Waals surface area contributed by atoms with E-state index in [0.717, 1.165) is 6.07 Å². The standard InChI is InChI=1S/C14H17ClFN3O3/c1-18(8-12(20)19-2-4-22-5-3-19)14(21)10-6-9(15)7-11(16)13(10)17/h6-7H,2-5,8,17H2,1H3. The van der Waals surface area contributed by atoms with Gasteiger partial charge in [-0.25, -0.2) is 4.39 Å². The molecule has 2 rings (SSSR count). The van der Waals surface area contributed by atoms with Crippen LogP contribution in [0.3, 0.4) is 0 Å². The van der Waals surface area contributed by atoms with E-state index in [1.165, 1.54) is 18.0 Å². The molecule has 0 bridgehead atoms. The molecule has 1 aliphatic rings. The minimum absolute atomic E-state index is 0.0534. The van der Waals surface area contributed by atoms with E-state index in [-0.39, 0.29) is 28.7 Å². The first kappa shape index (κ1) is 16.5. The van der Waals surface area contributed by atoms with E-state index >= 15 is 0 Å². The number of nitrogens with two attached hydrogens (primary N) is 1. The Bertz CT molecular complexity index is 591. The van der Waals surface area contributed by atoms with Gasteiger partial charge in [0.1, 0.15) is 5.82 Å². The van der Waals surface area contributed by atoms with Gasteiger partial charge in [-0.05, 0) is 12.1 Å². The van der Waals surface area contributed by atoms with E-state index in [4.69, 9.17) is 22.1 Å². The van der Waals surface area contributed by atoms with Gasteiger partial charge in [-0.3, -0.25) is 9.59 Å². The second-order valence-corrected chi connectivity index (χ2v) is 5.44. The van der Waals surface area contributed by atoms with E-state index in [1.807, 2.05) is 0 Å². The first-order valence-electron chi connectivity index (χ1n) is 6.75. The maximum atomic E-state index is 13.5. The smallest absolute Gasteiger partial charge is 0.256 e. The number of hydrogen-bond acceptors (Lipinski definition) is 4. The Kier molecular flexibility index (Phi) is 5.20. The number of benzene rings is 1. The highest BCUT2D eigenvalue weighted by molar-refractivity contribution is 6.31. The number of rotatable bonds is 3. The zero-order chi connectivity index (χ0) is 16.3. The number of morpholine rings is 1. The van der Waals surface area contributed by atoms with Crippen molar-refractivity contribution in [1.82, 2.24) is 9.80 Å². The Morgan fingerprint density at radius 2 is 2.05 bits per heavy atom. The summed E-state index contributed by atoms with van der Waals surface area (Å²) in [4.78, 5) is 27.2. The van der Waals surface area contributed by atoms with Crippen LogP contribution in [0.4, 0.5) is 10.1 Å². The average Bonchev–Trinajstić information content (AvgIpc) is 2.50. The van der Waals surface area contributed by atoms with Crippen molar-refractivity contribution in [3.05, 3.63) is 28.5 Å². The number of nitrogens with zero attached hydrogens (tertiary/aromatic N) is 2. The normalized spacial score (nSPS) is 14.8. The van der Waals surface area contributed by atoms with Gasteiger partial charge in [0.05, 0.1) is 31.0 Å². The molecule has 0 aliphatic carbocycles. The molecule has 0 radical (unpaired) electrons. The van der Waals surface area contributed by atoms with Crippen LogP contribution in [0.2, 0.25) is 5.02 Å². The molecule has 1 aromatic rings. The predicted molar refractivity (Wildman–Crippen MR) is 80.2 cm³/mol. The van der Waals surface area contributed by atoms with Gasteiger partial charge in [-0.2, -0.15) is 0 Å². The number of ether oxygens (including phenoxy) is 1. The summed E-state index contributed by atoms with van der Waals surface area (Å²) in [5, 5.41) is 0.0722. The Morgan fingerprint density at radius 1 is 1.41 bits per heavy atom. The van der Waals surface area contributed by atoms with Crippen molar-refractivity contribution in [3.8, 4) is 0 Å². The topological polar surface area (TPSA) is 75.9 Å². The van der Waals surface area contributed by atoms with Crippen LogP contribution in [0.1, 0.15) is 10.4 Å². The van der Waals surface area contributed by atoms with Crippen LogP contribution in [0.15, 0.2) is 12.1 Å². The van der Waals surface area contributed by atoms with E-state index < -0.39 is 11.7 Å². The Balaban J connectivity index is 2.07. The Labute approximate surface area is 132 Å². The molecule has 2 amide bonds. The summed E-state index contributed by atoms with van der Waals surface area (Å²) in [5.74, 6) is -1.51. The molecule has 0 aromatic heterocycles. The lowest BCUT2D eigenvalue weighted by atomic mass is 10.1. The summed E-state index contributed by atoms with van der Waals surface area (Å²) >= 11 is 5.74. The van der Waals surface area contributed by atoms with E-state index in [0.29, 0.717) is 26.3 Å². The maximum Gasteiger partial charge on any atom is 0.256 e. The molecule has 1 aromatic carbocycles. The van der Waals surface area contributed by atoms with E-state index in [9.17, 15) is 14.0 Å². The largest absolute Gasteiger partial charge is 0.396 e. The van der Waals surface area contributed by atoms with Crippen molar-refractivity contribution in [3.63, 3.8) is 0 Å². The highest BCUT2D eigenvalue weighted by Crippen LogP contribution is 2.23. The highest BCUT2D eigenvalue weighted by Gasteiger charge is 2.23. The second-order valence-electron chi connectivity index (χ2n) is 5.00. The van der Waals surface area contributed by atoms with Crippen molar-refractivity contribution in [2.45, 2.75) is 0 Å². The molecular formula is C14H17ClFN3O3. The summed E-state index contributed by atoms with van der Waals surface area (Å²) in [6, 6.07) is 2.32. The van der Waals surface area contributed by atoms with Crippen LogP contribution in [0.25, 0.3) is 0 Å². The zero-order valence-corrected chi connectivity index (χ0v) is 12.9. The molecule has 120 valence electrons. The number of halogens is 2. The highest BCUT2D eigenvalue weighted by atomic mass is 35.5. The number of amides is 2. The molecule has 2 N–H and O–H groups in total. The number of nitrogen functional groups attached to an aromatic ring is 1. The van der Waals surface area contributed by atoms with Crippen LogP contribution in [0, 0.1) is 5.82 Å². The fraction of sp³-hybridized carbons (Fsp3) is 0.429. The third-order valence-electron chi connectivity index (χ3n) is 3.41. The third kappa shape index (κ3) is 3.66. The molecule has 0 saturated carbocycles. The summed E-state index contributed by atoms with van der Waals surface area (Å²) in [7, 11) is 1.46. The summed E-state index contributed by atoms with van der Waals surface area (Å²) in [6.45, 7) is 1.84. The summed E-state index contributed by atoms with van der Waals surface area (Å²) < 4.78 is 18.7. The van der Waals surface area contributed by atoms with Crippen LogP contribution in [-0.4, -0.2) is 61.5 Å². The molecule has 1 aliphatic heterocycles. The number of carbonyl (C=O) groups is 2. The first-order valence-corrected chi connectivity index (χ1v) is 7.13. The predicted octanol–water partition coefficient (Wildman–Crippen LogP) is 0.992. The fourth-order valence-corrected chi connectivity index (χ4v) is 2.36. The monoisotopic (exact) mass is 329 g/mol. The van der Waals surface area contributed by atoms with Crippen molar-refractivity contribution in [1.29, 1.82) is 0 Å². The van der Waals surface area contributed by atoms with Gasteiger partial charge < -0.3 is 20.3 Å².